The van der Waals surface area contributed by atoms with Crippen molar-refractivity contribution >= 4 is 27.3 Å². The van der Waals surface area contributed by atoms with Crippen LogP contribution in [0.2, 0.25) is 0 Å². The smallest absolute Gasteiger partial charge is 0.165 e. The van der Waals surface area contributed by atoms with Crippen molar-refractivity contribution in [1.29, 1.82) is 0 Å². The summed E-state index contributed by atoms with van der Waals surface area (Å²) in [6, 6.07) is 8.23. The van der Waals surface area contributed by atoms with Gasteiger partial charge in [0.05, 0.1) is 0 Å². The van der Waals surface area contributed by atoms with Crippen LogP contribution in [-0.2, 0) is 6.42 Å². The highest BCUT2D eigenvalue weighted by Crippen LogP contribution is 2.41. The van der Waals surface area contributed by atoms with E-state index in [9.17, 15) is 0 Å². The molecule has 94 valence electrons. The number of para-hydroxylation sites is 1. The minimum Gasteiger partial charge on any atom is -0.486 e. The summed E-state index contributed by atoms with van der Waals surface area (Å²) in [6.07, 6.45) is 0.962. The highest BCUT2D eigenvalue weighted by molar-refractivity contribution is 9.09. The monoisotopic (exact) mass is 324 g/mol. The summed E-state index contributed by atoms with van der Waals surface area (Å²) >= 11 is 5.48. The summed E-state index contributed by atoms with van der Waals surface area (Å²) in [4.78, 5) is 0.253. The molecule has 0 radical (unpaired) electrons. The van der Waals surface area contributed by atoms with Crippen LogP contribution < -0.4 is 9.47 Å². The molecule has 3 rings (SSSR count). The van der Waals surface area contributed by atoms with Crippen molar-refractivity contribution in [2.75, 3.05) is 13.2 Å². The molecule has 1 aromatic carbocycles. The highest BCUT2D eigenvalue weighted by atomic mass is 79.9. The van der Waals surface area contributed by atoms with E-state index in [1.807, 2.05) is 12.1 Å². The van der Waals surface area contributed by atoms with Crippen LogP contribution in [0.25, 0.3) is 0 Å². The fourth-order valence-electron chi connectivity index (χ4n) is 2.07. The molecule has 2 aromatic rings. The maximum atomic E-state index is 5.74. The average molecular weight is 325 g/mol. The Kier molecular flexibility index (Phi) is 3.57. The average Bonchev–Trinajstić information content (AvgIpc) is 2.91. The van der Waals surface area contributed by atoms with Gasteiger partial charge in [-0.15, -0.1) is 0 Å². The van der Waals surface area contributed by atoms with Gasteiger partial charge >= 0.3 is 0 Å². The van der Waals surface area contributed by atoms with Crippen LogP contribution in [0.4, 0.5) is 0 Å². The molecule has 1 aliphatic rings. The SMILES string of the molecule is BrC(Cc1ccsc1)c1cccc2c1OCCO2. The third-order valence-corrected chi connectivity index (χ3v) is 4.48. The van der Waals surface area contributed by atoms with E-state index in [1.165, 1.54) is 11.1 Å². The molecule has 0 bridgehead atoms. The first-order valence-electron chi connectivity index (χ1n) is 5.88. The molecule has 2 nitrogen and oxygen atoms in total. The third-order valence-electron chi connectivity index (χ3n) is 2.93. The molecule has 0 spiro atoms. The molecule has 1 atom stereocenters. The van der Waals surface area contributed by atoms with E-state index >= 15 is 0 Å². The van der Waals surface area contributed by atoms with E-state index in [-0.39, 0.29) is 4.83 Å². The van der Waals surface area contributed by atoms with Gasteiger partial charge in [-0.1, -0.05) is 28.1 Å². The molecule has 0 saturated carbocycles. The van der Waals surface area contributed by atoms with Crippen LogP contribution in [-0.4, -0.2) is 13.2 Å². The van der Waals surface area contributed by atoms with Crippen molar-refractivity contribution in [2.24, 2.45) is 0 Å². The van der Waals surface area contributed by atoms with Gasteiger partial charge in [-0.05, 0) is 34.9 Å². The predicted octanol–water partition coefficient (Wildman–Crippen LogP) is 4.20. The van der Waals surface area contributed by atoms with Crippen molar-refractivity contribution in [2.45, 2.75) is 11.2 Å². The molecule has 0 N–H and O–H groups in total. The molecular weight excluding hydrogens is 312 g/mol. The largest absolute Gasteiger partial charge is 0.486 e. The maximum absolute atomic E-state index is 5.74. The van der Waals surface area contributed by atoms with Crippen molar-refractivity contribution in [3.05, 3.63) is 46.2 Å². The van der Waals surface area contributed by atoms with E-state index in [1.54, 1.807) is 11.3 Å². The Hall–Kier alpha value is -1.00. The summed E-state index contributed by atoms with van der Waals surface area (Å²) in [5, 5.41) is 4.29. The molecule has 1 unspecified atom stereocenters. The summed E-state index contributed by atoms with van der Waals surface area (Å²) in [6.45, 7) is 1.26. The Morgan fingerprint density at radius 2 is 2.11 bits per heavy atom. The van der Waals surface area contributed by atoms with E-state index in [4.69, 9.17) is 9.47 Å². The predicted molar refractivity (Wildman–Crippen MR) is 77.1 cm³/mol. The summed E-state index contributed by atoms with van der Waals surface area (Å²) in [7, 11) is 0. The minimum atomic E-state index is 0.253. The second-order valence-electron chi connectivity index (χ2n) is 4.17. The zero-order valence-electron chi connectivity index (χ0n) is 9.77. The Bertz CT molecular complexity index is 525. The number of fused-ring (bicyclic) bond motifs is 1. The first kappa shape index (κ1) is 12.1. The van der Waals surface area contributed by atoms with Gasteiger partial charge in [-0.25, -0.2) is 0 Å². The normalized spacial score (nSPS) is 15.4. The van der Waals surface area contributed by atoms with E-state index in [0.717, 1.165) is 17.9 Å². The van der Waals surface area contributed by atoms with Crippen LogP contribution in [0, 0.1) is 0 Å². The fourth-order valence-corrected chi connectivity index (χ4v) is 3.48. The fraction of sp³-hybridized carbons (Fsp3) is 0.286. The van der Waals surface area contributed by atoms with Crippen molar-refractivity contribution in [3.8, 4) is 11.5 Å². The van der Waals surface area contributed by atoms with Gasteiger partial charge < -0.3 is 9.47 Å². The van der Waals surface area contributed by atoms with Crippen LogP contribution in [0.5, 0.6) is 11.5 Å². The van der Waals surface area contributed by atoms with Gasteiger partial charge in [-0.2, -0.15) is 11.3 Å². The van der Waals surface area contributed by atoms with Gasteiger partial charge in [0.15, 0.2) is 11.5 Å². The molecule has 0 amide bonds. The summed E-state index contributed by atoms with van der Waals surface area (Å²) in [5.41, 5.74) is 2.51. The number of rotatable bonds is 3. The number of thiophene rings is 1. The Labute approximate surface area is 119 Å². The standard InChI is InChI=1S/C14H13BrO2S/c15-12(8-10-4-7-18-9-10)11-2-1-3-13-14(11)17-6-5-16-13/h1-4,7,9,12H,5-6,8H2. The highest BCUT2D eigenvalue weighted by Gasteiger charge is 2.20. The Morgan fingerprint density at radius 3 is 2.94 bits per heavy atom. The van der Waals surface area contributed by atoms with Crippen molar-refractivity contribution < 1.29 is 9.47 Å². The number of ether oxygens (including phenoxy) is 2. The van der Waals surface area contributed by atoms with Gasteiger partial charge in [0.1, 0.15) is 13.2 Å². The van der Waals surface area contributed by atoms with Gasteiger partial charge in [0, 0.05) is 10.4 Å². The lowest BCUT2D eigenvalue weighted by molar-refractivity contribution is 0.170. The zero-order valence-corrected chi connectivity index (χ0v) is 12.2. The first-order valence-corrected chi connectivity index (χ1v) is 7.74. The van der Waals surface area contributed by atoms with E-state index in [2.05, 4.69) is 38.8 Å². The molecule has 2 heterocycles. The lowest BCUT2D eigenvalue weighted by Gasteiger charge is -2.22. The first-order chi connectivity index (χ1) is 8.84. The topological polar surface area (TPSA) is 18.5 Å². The van der Waals surface area contributed by atoms with Crippen molar-refractivity contribution in [3.63, 3.8) is 0 Å². The van der Waals surface area contributed by atoms with Crippen LogP contribution >= 0.6 is 27.3 Å². The van der Waals surface area contributed by atoms with E-state index in [0.29, 0.717) is 13.2 Å². The molecule has 0 aliphatic carbocycles. The van der Waals surface area contributed by atoms with Gasteiger partial charge in [-0.3, -0.25) is 0 Å². The lowest BCUT2D eigenvalue weighted by atomic mass is 10.0. The third kappa shape index (κ3) is 2.40. The van der Waals surface area contributed by atoms with Gasteiger partial charge in [0.25, 0.3) is 0 Å². The molecule has 18 heavy (non-hydrogen) atoms. The number of hydrogen-bond donors (Lipinski definition) is 0. The number of benzene rings is 1. The van der Waals surface area contributed by atoms with Crippen LogP contribution in [0.15, 0.2) is 35.0 Å². The second kappa shape index (κ2) is 5.33. The lowest BCUT2D eigenvalue weighted by Crippen LogP contribution is -2.17. The van der Waals surface area contributed by atoms with E-state index < -0.39 is 0 Å². The molecule has 1 aliphatic heterocycles. The zero-order chi connectivity index (χ0) is 12.4. The number of hydrogen-bond acceptors (Lipinski definition) is 3. The Balaban J connectivity index is 1.87. The van der Waals surface area contributed by atoms with Gasteiger partial charge in [0.2, 0.25) is 0 Å². The summed E-state index contributed by atoms with van der Waals surface area (Å²) < 4.78 is 11.3. The minimum absolute atomic E-state index is 0.253. The molecule has 0 fully saturated rings. The molecule has 4 heteroatoms. The molecular formula is C14H13BrO2S. The second-order valence-corrected chi connectivity index (χ2v) is 6.06. The van der Waals surface area contributed by atoms with Crippen LogP contribution in [0.3, 0.4) is 0 Å². The number of alkyl halides is 1. The number of halogens is 1. The maximum Gasteiger partial charge on any atom is 0.165 e. The summed E-state index contributed by atoms with van der Waals surface area (Å²) in [5.74, 6) is 1.74. The molecule has 0 saturated heterocycles. The Morgan fingerprint density at radius 1 is 1.22 bits per heavy atom. The molecule has 1 aromatic heterocycles. The van der Waals surface area contributed by atoms with Crippen LogP contribution in [0.1, 0.15) is 16.0 Å². The quantitative estimate of drug-likeness (QED) is 0.788. The van der Waals surface area contributed by atoms with Crippen molar-refractivity contribution in [1.82, 2.24) is 0 Å².